The molecule has 0 aliphatic carbocycles. The van der Waals surface area contributed by atoms with E-state index in [1.807, 2.05) is 0 Å². The molecule has 41 heavy (non-hydrogen) atoms. The minimum Gasteiger partial charge on any atom is -0.502 e. The quantitative estimate of drug-likeness (QED) is 0.280. The second-order valence-electron chi connectivity index (χ2n) is 10.2. The highest BCUT2D eigenvalue weighted by molar-refractivity contribution is 5.55. The number of methoxy groups -OCH3 is 4. The highest BCUT2D eigenvalue weighted by Crippen LogP contribution is 2.53. The fourth-order valence-corrected chi connectivity index (χ4v) is 5.77. The van der Waals surface area contributed by atoms with Gasteiger partial charge in [0.2, 0.25) is 17.8 Å². The Morgan fingerprint density at radius 2 is 1.17 bits per heavy atom. The maximum Gasteiger partial charge on any atom is 0.229 e. The van der Waals surface area contributed by atoms with Crippen molar-refractivity contribution < 1.29 is 63.4 Å². The molecule has 3 aliphatic heterocycles. The standard InChI is InChI=1S/C28H36O13/c1-34-16-5-12(6-17(35-2)21(16)30)25-14-10-39-26(15(14)11-38-25)13-7-18(36-3)27(19(8-13)37-4)41-28-24(33)23(32)22(31)20(9-29)40-28/h5-8,14-15,20,22-26,28-33H,9-11H2,1-4H3/t14-,15-,20?,22?,23?,24+,25?,26?,28?/m0/s1. The number of fused-ring (bicyclic) bond motifs is 1. The van der Waals surface area contributed by atoms with Crippen molar-refractivity contribution in [3.8, 4) is 34.5 Å². The molecule has 0 bridgehead atoms. The maximum atomic E-state index is 10.5. The van der Waals surface area contributed by atoms with Gasteiger partial charge in [0.15, 0.2) is 23.0 Å². The van der Waals surface area contributed by atoms with Crippen molar-refractivity contribution in [3.05, 3.63) is 35.4 Å². The minimum absolute atomic E-state index is 0.000914. The number of phenols is 1. The number of rotatable bonds is 9. The molecule has 0 amide bonds. The highest BCUT2D eigenvalue weighted by Gasteiger charge is 2.49. The molecule has 3 heterocycles. The smallest absolute Gasteiger partial charge is 0.229 e. The zero-order valence-electron chi connectivity index (χ0n) is 23.1. The van der Waals surface area contributed by atoms with E-state index in [1.165, 1.54) is 28.4 Å². The number of benzene rings is 2. The van der Waals surface area contributed by atoms with Gasteiger partial charge in [-0.05, 0) is 35.4 Å². The Morgan fingerprint density at radius 3 is 1.61 bits per heavy atom. The summed E-state index contributed by atoms with van der Waals surface area (Å²) in [6, 6.07) is 6.93. The van der Waals surface area contributed by atoms with E-state index in [-0.39, 0.29) is 58.5 Å². The predicted molar refractivity (Wildman–Crippen MR) is 140 cm³/mol. The Balaban J connectivity index is 1.40. The number of hydrogen-bond donors (Lipinski definition) is 5. The third-order valence-corrected chi connectivity index (χ3v) is 7.99. The summed E-state index contributed by atoms with van der Waals surface area (Å²) in [5.74, 6) is 1.08. The Kier molecular flexibility index (Phi) is 8.66. The first-order chi connectivity index (χ1) is 19.8. The number of phenolic OH excluding ortho intramolecular Hbond substituents is 1. The fraction of sp³-hybridized carbons (Fsp3) is 0.571. The average Bonchev–Trinajstić information content (AvgIpc) is 3.60. The van der Waals surface area contributed by atoms with Gasteiger partial charge in [0.05, 0.1) is 60.5 Å². The van der Waals surface area contributed by atoms with Crippen LogP contribution in [0.4, 0.5) is 0 Å². The van der Waals surface area contributed by atoms with Crippen molar-refractivity contribution >= 4 is 0 Å². The van der Waals surface area contributed by atoms with E-state index in [9.17, 15) is 25.5 Å². The van der Waals surface area contributed by atoms with Crippen LogP contribution in [0, 0.1) is 11.8 Å². The van der Waals surface area contributed by atoms with Crippen LogP contribution in [0.2, 0.25) is 0 Å². The summed E-state index contributed by atoms with van der Waals surface area (Å²) in [7, 11) is 5.82. The van der Waals surface area contributed by atoms with Crippen LogP contribution in [0.25, 0.3) is 0 Å². The molecule has 3 fully saturated rings. The maximum absolute atomic E-state index is 10.5. The molecule has 3 aliphatic rings. The molecule has 13 heteroatoms. The van der Waals surface area contributed by atoms with Crippen LogP contribution >= 0.6 is 0 Å². The van der Waals surface area contributed by atoms with Gasteiger partial charge in [-0.25, -0.2) is 0 Å². The molecule has 5 N–H and O–H groups in total. The van der Waals surface area contributed by atoms with Gasteiger partial charge in [-0.2, -0.15) is 0 Å². The normalized spacial score (nSPS) is 32.8. The van der Waals surface area contributed by atoms with Gasteiger partial charge in [-0.15, -0.1) is 0 Å². The molecule has 6 unspecified atom stereocenters. The molecule has 0 spiro atoms. The van der Waals surface area contributed by atoms with Gasteiger partial charge in [0, 0.05) is 11.8 Å². The third-order valence-electron chi connectivity index (χ3n) is 7.99. The summed E-state index contributed by atoms with van der Waals surface area (Å²) in [6.07, 6.45) is -7.96. The van der Waals surface area contributed by atoms with E-state index in [2.05, 4.69) is 0 Å². The molecule has 2 aromatic carbocycles. The van der Waals surface area contributed by atoms with Gasteiger partial charge in [0.1, 0.15) is 24.4 Å². The zero-order chi connectivity index (χ0) is 29.4. The lowest BCUT2D eigenvalue weighted by Crippen LogP contribution is -2.60. The second kappa shape index (κ2) is 12.1. The predicted octanol–water partition coefficient (Wildman–Crippen LogP) is 0.680. The van der Waals surface area contributed by atoms with Crippen LogP contribution in [-0.4, -0.2) is 104 Å². The zero-order valence-corrected chi connectivity index (χ0v) is 23.1. The lowest BCUT2D eigenvalue weighted by atomic mass is 9.84. The highest BCUT2D eigenvalue weighted by atomic mass is 16.7. The topological polar surface area (TPSA) is 175 Å². The van der Waals surface area contributed by atoms with Crippen LogP contribution in [0.15, 0.2) is 24.3 Å². The Hall–Kier alpha value is -3.04. The molecule has 3 saturated heterocycles. The molecule has 2 aromatic rings. The van der Waals surface area contributed by atoms with Crippen molar-refractivity contribution in [1.82, 2.24) is 0 Å². The monoisotopic (exact) mass is 580 g/mol. The van der Waals surface area contributed by atoms with E-state index in [4.69, 9.17) is 37.9 Å². The Morgan fingerprint density at radius 1 is 0.707 bits per heavy atom. The first kappa shape index (κ1) is 29.5. The van der Waals surface area contributed by atoms with Gasteiger partial charge in [0.25, 0.3) is 0 Å². The van der Waals surface area contributed by atoms with Crippen molar-refractivity contribution in [2.45, 2.75) is 42.9 Å². The number of aromatic hydroxyl groups is 1. The number of aliphatic hydroxyl groups is 4. The first-order valence-corrected chi connectivity index (χ1v) is 13.2. The lowest BCUT2D eigenvalue weighted by Gasteiger charge is -2.39. The SMILES string of the molecule is COc1cc(C2OC[C@@H]3C(c4cc(OC)c(OC5OC(CO)C(O)C(O)[C@H]5O)c(OC)c4)OC[C@H]23)cc(OC)c1O. The second-order valence-corrected chi connectivity index (χ2v) is 10.2. The van der Waals surface area contributed by atoms with Gasteiger partial charge >= 0.3 is 0 Å². The van der Waals surface area contributed by atoms with E-state index < -0.39 is 37.3 Å². The van der Waals surface area contributed by atoms with Gasteiger partial charge < -0.3 is 63.4 Å². The third kappa shape index (κ3) is 5.23. The van der Waals surface area contributed by atoms with E-state index >= 15 is 0 Å². The molecule has 0 aromatic heterocycles. The van der Waals surface area contributed by atoms with Gasteiger partial charge in [-0.3, -0.25) is 0 Å². The summed E-state index contributed by atoms with van der Waals surface area (Å²) in [4.78, 5) is 0. The lowest BCUT2D eigenvalue weighted by molar-refractivity contribution is -0.277. The molecule has 5 rings (SSSR count). The van der Waals surface area contributed by atoms with E-state index in [0.29, 0.717) is 13.2 Å². The van der Waals surface area contributed by atoms with E-state index in [0.717, 1.165) is 11.1 Å². The first-order valence-electron chi connectivity index (χ1n) is 13.2. The van der Waals surface area contributed by atoms with Gasteiger partial charge in [-0.1, -0.05) is 0 Å². The fourth-order valence-electron chi connectivity index (χ4n) is 5.77. The Bertz CT molecular complexity index is 1170. The summed E-state index contributed by atoms with van der Waals surface area (Å²) >= 11 is 0. The summed E-state index contributed by atoms with van der Waals surface area (Å²) in [5, 5.41) is 50.5. The van der Waals surface area contributed by atoms with Crippen molar-refractivity contribution in [3.63, 3.8) is 0 Å². The van der Waals surface area contributed by atoms with Crippen LogP contribution in [-0.2, 0) is 14.2 Å². The molecule has 226 valence electrons. The van der Waals surface area contributed by atoms with Crippen molar-refractivity contribution in [1.29, 1.82) is 0 Å². The minimum atomic E-state index is -1.61. The molecule has 9 atom stereocenters. The molecule has 0 radical (unpaired) electrons. The van der Waals surface area contributed by atoms with Crippen molar-refractivity contribution in [2.75, 3.05) is 48.3 Å². The summed E-state index contributed by atoms with van der Waals surface area (Å²) in [6.45, 7) is 0.241. The number of hydrogen-bond acceptors (Lipinski definition) is 13. The summed E-state index contributed by atoms with van der Waals surface area (Å²) < 4.78 is 45.7. The molecule has 13 nitrogen and oxygen atoms in total. The molecule has 0 saturated carbocycles. The average molecular weight is 581 g/mol. The van der Waals surface area contributed by atoms with Crippen LogP contribution in [0.3, 0.4) is 0 Å². The largest absolute Gasteiger partial charge is 0.502 e. The Labute approximate surface area is 236 Å². The molecular weight excluding hydrogens is 544 g/mol. The van der Waals surface area contributed by atoms with Crippen LogP contribution < -0.4 is 23.7 Å². The van der Waals surface area contributed by atoms with Crippen LogP contribution in [0.5, 0.6) is 34.5 Å². The summed E-state index contributed by atoms with van der Waals surface area (Å²) in [5.41, 5.74) is 1.55. The van der Waals surface area contributed by atoms with Crippen LogP contribution in [0.1, 0.15) is 23.3 Å². The molecular formula is C28H36O13. The van der Waals surface area contributed by atoms with E-state index in [1.54, 1.807) is 24.3 Å². The number of ether oxygens (including phenoxy) is 8. The van der Waals surface area contributed by atoms with Crippen molar-refractivity contribution in [2.24, 2.45) is 11.8 Å². The number of aliphatic hydroxyl groups excluding tert-OH is 4.